The molecule has 0 fully saturated rings. The predicted octanol–water partition coefficient (Wildman–Crippen LogP) is 4.52. The Kier molecular flexibility index (Phi) is 6.51. The van der Waals surface area contributed by atoms with Crippen molar-refractivity contribution in [3.8, 4) is 0 Å². The molecule has 2 aromatic rings. The van der Waals surface area contributed by atoms with E-state index in [9.17, 15) is 14.3 Å². The SMILES string of the molecule is Cc1cc(C)c(C2=C(O)CC(C(C)N(N)/C=C(\N)c3ccc(F)cc3)CC2=O)c(C)c1. The van der Waals surface area contributed by atoms with Gasteiger partial charge in [-0.25, -0.2) is 10.2 Å². The van der Waals surface area contributed by atoms with Gasteiger partial charge in [0.2, 0.25) is 0 Å². The summed E-state index contributed by atoms with van der Waals surface area (Å²) < 4.78 is 13.1. The Labute approximate surface area is 182 Å². The Hall–Kier alpha value is -3.12. The number of benzene rings is 2. The van der Waals surface area contributed by atoms with E-state index in [0.29, 0.717) is 23.3 Å². The molecule has 2 unspecified atom stereocenters. The second kappa shape index (κ2) is 8.94. The van der Waals surface area contributed by atoms with Crippen LogP contribution >= 0.6 is 0 Å². The van der Waals surface area contributed by atoms with E-state index in [4.69, 9.17) is 11.6 Å². The maximum atomic E-state index is 13.1. The first-order valence-electron chi connectivity index (χ1n) is 10.4. The van der Waals surface area contributed by atoms with Gasteiger partial charge in [0.15, 0.2) is 5.78 Å². The molecule has 1 aliphatic carbocycles. The lowest BCUT2D eigenvalue weighted by molar-refractivity contribution is -0.115. The highest BCUT2D eigenvalue weighted by molar-refractivity contribution is 6.22. The third kappa shape index (κ3) is 4.80. The summed E-state index contributed by atoms with van der Waals surface area (Å²) in [5.41, 5.74) is 11.5. The lowest BCUT2D eigenvalue weighted by Gasteiger charge is -2.33. The zero-order valence-corrected chi connectivity index (χ0v) is 18.4. The molecule has 0 radical (unpaired) electrons. The summed E-state index contributed by atoms with van der Waals surface area (Å²) in [4.78, 5) is 13.1. The number of aryl methyl sites for hydroxylation is 3. The quantitative estimate of drug-likeness (QED) is 0.486. The molecule has 0 saturated heterocycles. The molecule has 0 spiro atoms. The van der Waals surface area contributed by atoms with Crippen LogP contribution in [0.5, 0.6) is 0 Å². The minimum atomic E-state index is -0.340. The van der Waals surface area contributed by atoms with E-state index in [-0.39, 0.29) is 35.7 Å². The molecule has 164 valence electrons. The molecule has 3 rings (SSSR count). The molecule has 0 bridgehead atoms. The Morgan fingerprint density at radius 3 is 2.29 bits per heavy atom. The van der Waals surface area contributed by atoms with E-state index in [1.807, 2.05) is 39.8 Å². The van der Waals surface area contributed by atoms with Gasteiger partial charge in [-0.15, -0.1) is 0 Å². The van der Waals surface area contributed by atoms with E-state index in [1.165, 1.54) is 17.1 Å². The topological polar surface area (TPSA) is 92.6 Å². The number of aliphatic hydroxyl groups is 1. The maximum absolute atomic E-state index is 13.1. The Balaban J connectivity index is 1.82. The Morgan fingerprint density at radius 1 is 1.16 bits per heavy atom. The molecule has 0 saturated carbocycles. The van der Waals surface area contributed by atoms with Crippen LogP contribution in [-0.2, 0) is 4.79 Å². The van der Waals surface area contributed by atoms with Crippen molar-refractivity contribution in [2.75, 3.05) is 0 Å². The van der Waals surface area contributed by atoms with Crippen molar-refractivity contribution in [1.29, 1.82) is 0 Å². The number of nitrogens with zero attached hydrogens (tertiary/aromatic N) is 1. The van der Waals surface area contributed by atoms with Crippen LogP contribution in [0.15, 0.2) is 48.4 Å². The van der Waals surface area contributed by atoms with Gasteiger partial charge in [0.25, 0.3) is 0 Å². The summed E-state index contributed by atoms with van der Waals surface area (Å²) >= 11 is 0. The zero-order chi connectivity index (χ0) is 22.9. The average molecular weight is 424 g/mol. The largest absolute Gasteiger partial charge is 0.512 e. The fourth-order valence-electron chi connectivity index (χ4n) is 4.36. The van der Waals surface area contributed by atoms with Crippen LogP contribution in [0.4, 0.5) is 4.39 Å². The molecule has 5 N–H and O–H groups in total. The second-order valence-corrected chi connectivity index (χ2v) is 8.47. The van der Waals surface area contributed by atoms with Gasteiger partial charge in [0, 0.05) is 25.1 Å². The molecule has 0 amide bonds. The Bertz CT molecular complexity index is 1030. The monoisotopic (exact) mass is 423 g/mol. The molecule has 0 heterocycles. The van der Waals surface area contributed by atoms with Crippen molar-refractivity contribution >= 4 is 17.1 Å². The summed E-state index contributed by atoms with van der Waals surface area (Å²) in [5.74, 6) is 5.73. The van der Waals surface area contributed by atoms with Crippen molar-refractivity contribution in [2.45, 2.75) is 46.6 Å². The van der Waals surface area contributed by atoms with Crippen molar-refractivity contribution in [2.24, 2.45) is 17.5 Å². The van der Waals surface area contributed by atoms with Gasteiger partial charge in [0.05, 0.1) is 11.3 Å². The maximum Gasteiger partial charge on any atom is 0.167 e. The van der Waals surface area contributed by atoms with Crippen LogP contribution in [0.2, 0.25) is 0 Å². The van der Waals surface area contributed by atoms with Crippen molar-refractivity contribution in [3.63, 3.8) is 0 Å². The number of Topliss-reactive ketones (excluding diaryl/α,β-unsaturated/α-hetero) is 1. The molecule has 2 aromatic carbocycles. The minimum absolute atomic E-state index is 0.0838. The number of ketones is 1. The van der Waals surface area contributed by atoms with Crippen LogP contribution < -0.4 is 11.6 Å². The van der Waals surface area contributed by atoms with Crippen molar-refractivity contribution in [3.05, 3.63) is 82.0 Å². The van der Waals surface area contributed by atoms with E-state index in [1.54, 1.807) is 18.3 Å². The van der Waals surface area contributed by atoms with Crippen molar-refractivity contribution in [1.82, 2.24) is 5.01 Å². The second-order valence-electron chi connectivity index (χ2n) is 8.47. The van der Waals surface area contributed by atoms with Crippen LogP contribution in [0.3, 0.4) is 0 Å². The van der Waals surface area contributed by atoms with Gasteiger partial charge in [-0.3, -0.25) is 4.79 Å². The number of halogens is 1. The third-order valence-corrected chi connectivity index (χ3v) is 6.02. The smallest absolute Gasteiger partial charge is 0.167 e. The molecular formula is C25H30FN3O2. The fraction of sp³-hybridized carbons (Fsp3) is 0.320. The molecule has 0 aliphatic heterocycles. The first-order chi connectivity index (χ1) is 14.6. The number of carbonyl (C=O) groups excluding carboxylic acids is 1. The van der Waals surface area contributed by atoms with Gasteiger partial charge < -0.3 is 15.8 Å². The summed E-state index contributed by atoms with van der Waals surface area (Å²) in [5, 5.41) is 12.3. The Morgan fingerprint density at radius 2 is 1.74 bits per heavy atom. The van der Waals surface area contributed by atoms with Crippen LogP contribution in [0, 0.1) is 32.5 Å². The van der Waals surface area contributed by atoms with Gasteiger partial charge in [-0.1, -0.05) is 17.7 Å². The number of hydrazine groups is 1. The highest BCUT2D eigenvalue weighted by atomic mass is 19.1. The normalized spacial score (nSPS) is 18.3. The van der Waals surface area contributed by atoms with Crippen LogP contribution in [0.25, 0.3) is 11.3 Å². The number of rotatable bonds is 5. The van der Waals surface area contributed by atoms with E-state index >= 15 is 0 Å². The lowest BCUT2D eigenvalue weighted by Crippen LogP contribution is -2.42. The summed E-state index contributed by atoms with van der Waals surface area (Å²) in [6.45, 7) is 7.83. The third-order valence-electron chi connectivity index (χ3n) is 6.02. The number of hydrogen-bond acceptors (Lipinski definition) is 5. The minimum Gasteiger partial charge on any atom is -0.512 e. The summed E-state index contributed by atoms with van der Waals surface area (Å²) in [7, 11) is 0. The molecule has 6 heteroatoms. The molecular weight excluding hydrogens is 393 g/mol. The number of aliphatic hydroxyl groups excluding tert-OH is 1. The summed E-state index contributed by atoms with van der Waals surface area (Å²) in [6.07, 6.45) is 2.21. The summed E-state index contributed by atoms with van der Waals surface area (Å²) in [6, 6.07) is 9.63. The van der Waals surface area contributed by atoms with Gasteiger partial charge >= 0.3 is 0 Å². The van der Waals surface area contributed by atoms with Gasteiger partial charge in [-0.05, 0) is 80.1 Å². The molecule has 31 heavy (non-hydrogen) atoms. The first-order valence-corrected chi connectivity index (χ1v) is 10.4. The van der Waals surface area contributed by atoms with E-state index in [2.05, 4.69) is 0 Å². The predicted molar refractivity (Wildman–Crippen MR) is 122 cm³/mol. The highest BCUT2D eigenvalue weighted by Gasteiger charge is 2.34. The fourth-order valence-corrected chi connectivity index (χ4v) is 4.36. The molecule has 0 aromatic heterocycles. The highest BCUT2D eigenvalue weighted by Crippen LogP contribution is 2.37. The molecule has 1 aliphatic rings. The van der Waals surface area contributed by atoms with Crippen LogP contribution in [0.1, 0.15) is 47.6 Å². The van der Waals surface area contributed by atoms with Gasteiger partial charge in [0.1, 0.15) is 11.6 Å². The van der Waals surface area contributed by atoms with Crippen LogP contribution in [-0.4, -0.2) is 21.9 Å². The van der Waals surface area contributed by atoms with E-state index < -0.39 is 0 Å². The lowest BCUT2D eigenvalue weighted by atomic mass is 9.78. The number of nitrogens with two attached hydrogens (primary N) is 2. The van der Waals surface area contributed by atoms with E-state index in [0.717, 1.165) is 22.3 Å². The zero-order valence-electron chi connectivity index (χ0n) is 18.4. The standard InChI is InChI=1S/C25H30FN3O2/c1-14-9-15(2)24(16(3)10-14)25-22(30)11-19(12-23(25)31)17(4)29(28)13-21(27)18-5-7-20(26)8-6-18/h5-10,13,17,19,30H,11-12,27-28H2,1-4H3/b21-13-. The number of carbonyl (C=O) groups is 1. The molecule has 2 atom stereocenters. The molecule has 5 nitrogen and oxygen atoms in total. The first kappa shape index (κ1) is 22.6. The van der Waals surface area contributed by atoms with Gasteiger partial charge in [-0.2, -0.15) is 0 Å². The average Bonchev–Trinajstić information content (AvgIpc) is 2.68. The number of allylic oxidation sites excluding steroid dienone is 2. The number of hydrogen-bond donors (Lipinski definition) is 3. The van der Waals surface area contributed by atoms with Crippen molar-refractivity contribution < 1.29 is 14.3 Å².